The van der Waals surface area contributed by atoms with E-state index in [2.05, 4.69) is 20.8 Å². The van der Waals surface area contributed by atoms with Crippen LogP contribution >= 0.6 is 0 Å². The van der Waals surface area contributed by atoms with Crippen LogP contribution in [-0.2, 0) is 16.0 Å². The molecule has 2 rings (SSSR count). The van der Waals surface area contributed by atoms with Crippen LogP contribution in [-0.4, -0.2) is 23.5 Å². The average Bonchev–Trinajstić information content (AvgIpc) is 2.37. The number of hydrogen-bond donors (Lipinski definition) is 2. The van der Waals surface area contributed by atoms with Gasteiger partial charge in [0.1, 0.15) is 0 Å². The molecule has 5 heteroatoms. The molecule has 1 heterocycles. The smallest absolute Gasteiger partial charge is 0.304 e. The maximum atomic E-state index is 12.8. The van der Waals surface area contributed by atoms with E-state index < -0.39 is 11.9 Å². The standard InChI is InChI=1S/C17H24N2O3/c1-10-13(18)6-5-11-7-12(8-14(20)21)16(22)19(15(10)11)9-17(2,3)4/h5-6,12H,7-9,18H2,1-4H3,(H,20,21). The summed E-state index contributed by atoms with van der Waals surface area (Å²) in [5.74, 6) is -1.56. The largest absolute Gasteiger partial charge is 0.481 e. The van der Waals surface area contributed by atoms with Crippen LogP contribution in [0.1, 0.15) is 38.3 Å². The van der Waals surface area contributed by atoms with Crippen molar-refractivity contribution >= 4 is 23.3 Å². The fourth-order valence-electron chi connectivity index (χ4n) is 3.00. The van der Waals surface area contributed by atoms with Crippen molar-refractivity contribution in [1.29, 1.82) is 0 Å². The molecule has 0 bridgehead atoms. The molecule has 1 unspecified atom stereocenters. The summed E-state index contributed by atoms with van der Waals surface area (Å²) in [6, 6.07) is 3.74. The van der Waals surface area contributed by atoms with E-state index in [0.717, 1.165) is 16.8 Å². The van der Waals surface area contributed by atoms with E-state index in [1.807, 2.05) is 19.1 Å². The van der Waals surface area contributed by atoms with Gasteiger partial charge in [0.25, 0.3) is 0 Å². The van der Waals surface area contributed by atoms with Gasteiger partial charge in [0.2, 0.25) is 5.91 Å². The summed E-state index contributed by atoms with van der Waals surface area (Å²) in [5.41, 5.74) is 9.32. The summed E-state index contributed by atoms with van der Waals surface area (Å²) in [6.07, 6.45) is 0.324. The highest BCUT2D eigenvalue weighted by atomic mass is 16.4. The maximum absolute atomic E-state index is 12.8. The second-order valence-electron chi connectivity index (χ2n) is 7.27. The molecule has 0 fully saturated rings. The van der Waals surface area contributed by atoms with Gasteiger partial charge >= 0.3 is 5.97 Å². The van der Waals surface area contributed by atoms with Crippen LogP contribution in [0.15, 0.2) is 12.1 Å². The minimum atomic E-state index is -0.940. The lowest BCUT2D eigenvalue weighted by atomic mass is 9.85. The Morgan fingerprint density at radius 1 is 1.41 bits per heavy atom. The Kier molecular flexibility index (Phi) is 4.18. The van der Waals surface area contributed by atoms with Gasteiger partial charge in [0.15, 0.2) is 0 Å². The van der Waals surface area contributed by atoms with E-state index in [4.69, 9.17) is 10.8 Å². The maximum Gasteiger partial charge on any atom is 0.304 e. The molecule has 1 amide bonds. The van der Waals surface area contributed by atoms with Gasteiger partial charge in [0, 0.05) is 12.2 Å². The van der Waals surface area contributed by atoms with Gasteiger partial charge in [-0.05, 0) is 36.0 Å². The van der Waals surface area contributed by atoms with Crippen molar-refractivity contribution in [2.75, 3.05) is 17.2 Å². The number of carboxylic acids is 1. The highest BCUT2D eigenvalue weighted by Gasteiger charge is 2.36. The quantitative estimate of drug-likeness (QED) is 0.841. The van der Waals surface area contributed by atoms with Crippen molar-refractivity contribution in [2.45, 2.75) is 40.5 Å². The fourth-order valence-corrected chi connectivity index (χ4v) is 3.00. The number of hydrogen-bond acceptors (Lipinski definition) is 3. The van der Waals surface area contributed by atoms with E-state index in [1.54, 1.807) is 4.90 Å². The number of aliphatic carboxylic acids is 1. The van der Waals surface area contributed by atoms with Crippen LogP contribution in [0.25, 0.3) is 0 Å². The lowest BCUT2D eigenvalue weighted by Gasteiger charge is -2.38. The summed E-state index contributed by atoms with van der Waals surface area (Å²) in [5, 5.41) is 9.06. The van der Waals surface area contributed by atoms with E-state index in [-0.39, 0.29) is 17.7 Å². The lowest BCUT2D eigenvalue weighted by molar-refractivity contribution is -0.140. The van der Waals surface area contributed by atoms with Gasteiger partial charge in [0.05, 0.1) is 18.0 Å². The van der Waals surface area contributed by atoms with Crippen molar-refractivity contribution in [3.63, 3.8) is 0 Å². The summed E-state index contributed by atoms with van der Waals surface area (Å²) >= 11 is 0. The molecule has 1 aliphatic heterocycles. The molecule has 0 saturated heterocycles. The SMILES string of the molecule is Cc1c(N)ccc2c1N(CC(C)(C)C)C(=O)C(CC(=O)O)C2. The van der Waals surface area contributed by atoms with E-state index >= 15 is 0 Å². The first kappa shape index (κ1) is 16.3. The van der Waals surface area contributed by atoms with Gasteiger partial charge in [-0.2, -0.15) is 0 Å². The summed E-state index contributed by atoms with van der Waals surface area (Å²) in [4.78, 5) is 25.6. The Morgan fingerprint density at radius 2 is 2.05 bits per heavy atom. The third-order valence-electron chi connectivity index (χ3n) is 3.96. The topological polar surface area (TPSA) is 83.6 Å². The van der Waals surface area contributed by atoms with E-state index in [0.29, 0.717) is 18.7 Å². The highest BCUT2D eigenvalue weighted by molar-refractivity contribution is 6.01. The second kappa shape index (κ2) is 5.63. The van der Waals surface area contributed by atoms with Crippen LogP contribution in [0.5, 0.6) is 0 Å². The average molecular weight is 304 g/mol. The Morgan fingerprint density at radius 3 is 2.59 bits per heavy atom. The number of nitrogens with zero attached hydrogens (tertiary/aromatic N) is 1. The highest BCUT2D eigenvalue weighted by Crippen LogP contribution is 2.38. The number of benzene rings is 1. The number of carboxylic acid groups (broad SMARTS) is 1. The predicted octanol–water partition coefficient (Wildman–Crippen LogP) is 2.60. The summed E-state index contributed by atoms with van der Waals surface area (Å²) < 4.78 is 0. The number of carbonyl (C=O) groups is 2. The molecule has 1 aromatic carbocycles. The number of rotatable bonds is 3. The third-order valence-corrected chi connectivity index (χ3v) is 3.96. The first-order valence-corrected chi connectivity index (χ1v) is 7.51. The van der Waals surface area contributed by atoms with Gasteiger partial charge in [-0.1, -0.05) is 26.8 Å². The molecular formula is C17H24N2O3. The van der Waals surface area contributed by atoms with Crippen LogP contribution < -0.4 is 10.6 Å². The number of nitrogen functional groups attached to an aromatic ring is 1. The molecule has 22 heavy (non-hydrogen) atoms. The number of fused-ring (bicyclic) bond motifs is 1. The minimum absolute atomic E-state index is 0.0882. The third kappa shape index (κ3) is 3.24. The van der Waals surface area contributed by atoms with Crippen LogP contribution in [0.4, 0.5) is 11.4 Å². The summed E-state index contributed by atoms with van der Waals surface area (Å²) in [6.45, 7) is 8.63. The van der Waals surface area contributed by atoms with Crippen molar-refractivity contribution in [2.24, 2.45) is 11.3 Å². The van der Waals surface area contributed by atoms with Crippen molar-refractivity contribution in [1.82, 2.24) is 0 Å². The summed E-state index contributed by atoms with van der Waals surface area (Å²) in [7, 11) is 0. The van der Waals surface area contributed by atoms with Crippen molar-refractivity contribution in [3.8, 4) is 0 Å². The zero-order valence-corrected chi connectivity index (χ0v) is 13.6. The van der Waals surface area contributed by atoms with Crippen molar-refractivity contribution < 1.29 is 14.7 Å². The minimum Gasteiger partial charge on any atom is -0.481 e. The van der Waals surface area contributed by atoms with Crippen LogP contribution in [0.2, 0.25) is 0 Å². The molecule has 0 aromatic heterocycles. The normalized spacial score (nSPS) is 18.3. The fraction of sp³-hybridized carbons (Fsp3) is 0.529. The zero-order valence-electron chi connectivity index (χ0n) is 13.6. The molecule has 0 aliphatic carbocycles. The molecule has 5 nitrogen and oxygen atoms in total. The number of amides is 1. The Labute approximate surface area is 131 Å². The molecule has 3 N–H and O–H groups in total. The van der Waals surface area contributed by atoms with Gasteiger partial charge in [-0.3, -0.25) is 9.59 Å². The van der Waals surface area contributed by atoms with Gasteiger partial charge in [-0.15, -0.1) is 0 Å². The first-order chi connectivity index (χ1) is 10.1. The van der Waals surface area contributed by atoms with Gasteiger partial charge in [-0.25, -0.2) is 0 Å². The van der Waals surface area contributed by atoms with E-state index in [9.17, 15) is 9.59 Å². The molecule has 1 aromatic rings. The molecular weight excluding hydrogens is 280 g/mol. The lowest BCUT2D eigenvalue weighted by Crippen LogP contribution is -2.46. The monoisotopic (exact) mass is 304 g/mol. The number of carbonyl (C=O) groups excluding carboxylic acids is 1. The predicted molar refractivity (Wildman–Crippen MR) is 86.8 cm³/mol. The molecule has 120 valence electrons. The Bertz CT molecular complexity index is 617. The van der Waals surface area contributed by atoms with Crippen LogP contribution in [0.3, 0.4) is 0 Å². The second-order valence-corrected chi connectivity index (χ2v) is 7.27. The number of anilines is 2. The molecule has 1 aliphatic rings. The Hall–Kier alpha value is -2.04. The Balaban J connectivity index is 2.51. The molecule has 1 atom stereocenters. The van der Waals surface area contributed by atoms with Crippen molar-refractivity contribution in [3.05, 3.63) is 23.3 Å². The first-order valence-electron chi connectivity index (χ1n) is 7.51. The molecule has 0 saturated carbocycles. The van der Waals surface area contributed by atoms with Crippen LogP contribution in [0, 0.1) is 18.3 Å². The molecule has 0 radical (unpaired) electrons. The van der Waals surface area contributed by atoms with Gasteiger partial charge < -0.3 is 15.7 Å². The zero-order chi connectivity index (χ0) is 16.7. The molecule has 0 spiro atoms. The van der Waals surface area contributed by atoms with E-state index in [1.165, 1.54) is 0 Å². The number of nitrogens with two attached hydrogens (primary N) is 1.